The molecule has 1 aromatic carbocycles. The summed E-state index contributed by atoms with van der Waals surface area (Å²) in [6, 6.07) is 9.08. The maximum Gasteiger partial charge on any atom is 0.408 e. The second-order valence-electron chi connectivity index (χ2n) is 6.57. The molecular weight excluding hydrogens is 308 g/mol. The molecule has 0 aliphatic heterocycles. The Bertz CT molecular complexity index is 634. The lowest BCUT2D eigenvalue weighted by Gasteiger charge is -2.22. The average molecular weight is 332 g/mol. The molecule has 0 aromatic heterocycles. The Labute approximate surface area is 142 Å². The monoisotopic (exact) mass is 332 g/mol. The fourth-order valence-corrected chi connectivity index (χ4v) is 1.79. The third kappa shape index (κ3) is 7.54. The van der Waals surface area contributed by atoms with Gasteiger partial charge in [0.1, 0.15) is 11.6 Å². The Morgan fingerprint density at radius 2 is 1.83 bits per heavy atom. The number of benzene rings is 1. The van der Waals surface area contributed by atoms with Crippen molar-refractivity contribution in [2.45, 2.75) is 38.8 Å². The van der Waals surface area contributed by atoms with Gasteiger partial charge in [-0.25, -0.2) is 9.59 Å². The van der Waals surface area contributed by atoms with Gasteiger partial charge in [-0.05, 0) is 44.4 Å². The first-order valence-corrected chi connectivity index (χ1v) is 7.57. The third-order valence-electron chi connectivity index (χ3n) is 2.81. The van der Waals surface area contributed by atoms with E-state index in [1.165, 1.54) is 0 Å². The van der Waals surface area contributed by atoms with Crippen molar-refractivity contribution in [3.05, 3.63) is 35.4 Å². The molecule has 0 bridgehead atoms. The van der Waals surface area contributed by atoms with Crippen LogP contribution in [0.15, 0.2) is 24.3 Å². The second-order valence-corrected chi connectivity index (χ2v) is 6.57. The molecule has 0 saturated heterocycles. The SMILES string of the molecule is CN(C)C#Cc1ccc(CC(NC(=O)OC(C)(C)C)C(=O)O)cc1. The predicted molar refractivity (Wildman–Crippen MR) is 91.5 cm³/mol. The predicted octanol–water partition coefficient (Wildman–Crippen LogP) is 2.08. The highest BCUT2D eigenvalue weighted by Crippen LogP contribution is 2.09. The van der Waals surface area contributed by atoms with Gasteiger partial charge in [0.25, 0.3) is 0 Å². The number of carboxylic acids is 1. The van der Waals surface area contributed by atoms with E-state index >= 15 is 0 Å². The molecule has 0 radical (unpaired) electrons. The van der Waals surface area contributed by atoms with Crippen LogP contribution in [-0.4, -0.2) is 47.8 Å². The van der Waals surface area contributed by atoms with E-state index in [0.717, 1.165) is 11.1 Å². The van der Waals surface area contributed by atoms with Gasteiger partial charge >= 0.3 is 12.1 Å². The molecular formula is C18H24N2O4. The average Bonchev–Trinajstić information content (AvgIpc) is 2.43. The highest BCUT2D eigenvalue weighted by molar-refractivity contribution is 5.80. The van der Waals surface area contributed by atoms with Crippen LogP contribution < -0.4 is 5.32 Å². The molecule has 0 spiro atoms. The van der Waals surface area contributed by atoms with Crippen LogP contribution in [0.1, 0.15) is 31.9 Å². The zero-order valence-electron chi connectivity index (χ0n) is 14.7. The van der Waals surface area contributed by atoms with E-state index in [4.69, 9.17) is 4.74 Å². The Morgan fingerprint density at radius 1 is 1.25 bits per heavy atom. The molecule has 0 heterocycles. The van der Waals surface area contributed by atoms with Gasteiger partial charge in [0, 0.05) is 32.1 Å². The summed E-state index contributed by atoms with van der Waals surface area (Å²) in [7, 11) is 3.70. The molecule has 6 heteroatoms. The number of nitrogens with zero attached hydrogens (tertiary/aromatic N) is 1. The number of nitrogens with one attached hydrogen (secondary N) is 1. The maximum atomic E-state index is 11.7. The van der Waals surface area contributed by atoms with Crippen LogP contribution in [0, 0.1) is 12.0 Å². The summed E-state index contributed by atoms with van der Waals surface area (Å²) in [5.74, 6) is 1.86. The van der Waals surface area contributed by atoms with Crippen molar-refractivity contribution < 1.29 is 19.4 Å². The minimum absolute atomic E-state index is 0.163. The lowest BCUT2D eigenvalue weighted by atomic mass is 10.0. The highest BCUT2D eigenvalue weighted by atomic mass is 16.6. The minimum Gasteiger partial charge on any atom is -0.480 e. The lowest BCUT2D eigenvalue weighted by molar-refractivity contribution is -0.139. The number of rotatable bonds is 4. The zero-order valence-corrected chi connectivity index (χ0v) is 14.7. The number of carboxylic acid groups (broad SMARTS) is 1. The number of carbonyl (C=O) groups is 2. The summed E-state index contributed by atoms with van der Waals surface area (Å²) in [6.45, 7) is 5.15. The molecule has 0 fully saturated rings. The van der Waals surface area contributed by atoms with Crippen LogP contribution in [0.4, 0.5) is 4.79 Å². The lowest BCUT2D eigenvalue weighted by Crippen LogP contribution is -2.44. The Morgan fingerprint density at radius 3 is 2.29 bits per heavy atom. The Balaban J connectivity index is 2.74. The van der Waals surface area contributed by atoms with Gasteiger partial charge < -0.3 is 20.1 Å². The molecule has 0 saturated carbocycles. The Kier molecular flexibility index (Phi) is 6.66. The van der Waals surface area contributed by atoms with Gasteiger partial charge in [0.15, 0.2) is 0 Å². The first-order valence-electron chi connectivity index (χ1n) is 7.57. The quantitative estimate of drug-likeness (QED) is 0.652. The first-order chi connectivity index (χ1) is 11.1. The van der Waals surface area contributed by atoms with Crippen molar-refractivity contribution in [3.8, 4) is 12.0 Å². The number of amides is 1. The van der Waals surface area contributed by atoms with Crippen molar-refractivity contribution in [2.24, 2.45) is 0 Å². The van der Waals surface area contributed by atoms with E-state index < -0.39 is 23.7 Å². The summed E-state index contributed by atoms with van der Waals surface area (Å²) in [4.78, 5) is 24.8. The molecule has 6 nitrogen and oxygen atoms in total. The summed E-state index contributed by atoms with van der Waals surface area (Å²) < 4.78 is 5.09. The van der Waals surface area contributed by atoms with Gasteiger partial charge in [-0.2, -0.15) is 0 Å². The highest BCUT2D eigenvalue weighted by Gasteiger charge is 2.24. The topological polar surface area (TPSA) is 78.9 Å². The van der Waals surface area contributed by atoms with Crippen LogP contribution in [-0.2, 0) is 16.0 Å². The number of ether oxygens (including phenoxy) is 1. The molecule has 130 valence electrons. The minimum atomic E-state index is -1.11. The van der Waals surface area contributed by atoms with Gasteiger partial charge in [0.2, 0.25) is 0 Å². The molecule has 0 aliphatic carbocycles. The summed E-state index contributed by atoms with van der Waals surface area (Å²) >= 11 is 0. The third-order valence-corrected chi connectivity index (χ3v) is 2.81. The van der Waals surface area contributed by atoms with Crippen LogP contribution in [0.3, 0.4) is 0 Å². The number of hydrogen-bond acceptors (Lipinski definition) is 4. The van der Waals surface area contributed by atoms with Gasteiger partial charge in [-0.15, -0.1) is 0 Å². The van der Waals surface area contributed by atoms with Crippen LogP contribution in [0.2, 0.25) is 0 Å². The van der Waals surface area contributed by atoms with Crippen molar-refractivity contribution in [1.82, 2.24) is 10.2 Å². The zero-order chi connectivity index (χ0) is 18.3. The first kappa shape index (κ1) is 19.4. The standard InChI is InChI=1S/C18H24N2O4/c1-18(2,3)24-17(23)19-15(16(21)22)12-14-8-6-13(7-9-14)10-11-20(4)5/h6-9,15H,12H2,1-5H3,(H,19,23)(H,21,22). The summed E-state index contributed by atoms with van der Waals surface area (Å²) in [6.07, 6.45) is -0.584. The molecule has 24 heavy (non-hydrogen) atoms. The smallest absolute Gasteiger partial charge is 0.408 e. The Hall–Kier alpha value is -2.68. The number of hydrogen-bond donors (Lipinski definition) is 2. The molecule has 1 rings (SSSR count). The van der Waals surface area contributed by atoms with Crippen molar-refractivity contribution in [3.63, 3.8) is 0 Å². The largest absolute Gasteiger partial charge is 0.480 e. The van der Waals surface area contributed by atoms with E-state index in [2.05, 4.69) is 17.3 Å². The molecule has 0 aliphatic rings. The number of aliphatic carboxylic acids is 1. The van der Waals surface area contributed by atoms with E-state index in [9.17, 15) is 14.7 Å². The van der Waals surface area contributed by atoms with Crippen LogP contribution >= 0.6 is 0 Å². The van der Waals surface area contributed by atoms with E-state index in [1.807, 2.05) is 26.2 Å². The van der Waals surface area contributed by atoms with Crippen LogP contribution in [0.25, 0.3) is 0 Å². The van der Waals surface area contributed by atoms with E-state index in [-0.39, 0.29) is 6.42 Å². The molecule has 1 amide bonds. The van der Waals surface area contributed by atoms with Gasteiger partial charge in [-0.1, -0.05) is 12.1 Å². The van der Waals surface area contributed by atoms with Gasteiger partial charge in [0.05, 0.1) is 0 Å². The maximum absolute atomic E-state index is 11.7. The van der Waals surface area contributed by atoms with Crippen LogP contribution in [0.5, 0.6) is 0 Å². The molecule has 1 unspecified atom stereocenters. The van der Waals surface area contributed by atoms with Crippen molar-refractivity contribution in [2.75, 3.05) is 14.1 Å². The second kappa shape index (κ2) is 8.25. The fraction of sp³-hybridized carbons (Fsp3) is 0.444. The van der Waals surface area contributed by atoms with Crippen molar-refractivity contribution in [1.29, 1.82) is 0 Å². The normalized spacial score (nSPS) is 11.7. The fourth-order valence-electron chi connectivity index (χ4n) is 1.79. The van der Waals surface area contributed by atoms with Crippen molar-refractivity contribution >= 4 is 12.1 Å². The van der Waals surface area contributed by atoms with E-state index in [1.54, 1.807) is 37.8 Å². The summed E-state index contributed by atoms with van der Waals surface area (Å²) in [5.41, 5.74) is 0.938. The molecule has 1 atom stereocenters. The number of carbonyl (C=O) groups excluding carboxylic acids is 1. The summed E-state index contributed by atoms with van der Waals surface area (Å²) in [5, 5.41) is 11.7. The van der Waals surface area contributed by atoms with E-state index in [0.29, 0.717) is 0 Å². The molecule has 2 N–H and O–H groups in total. The van der Waals surface area contributed by atoms with Gasteiger partial charge in [-0.3, -0.25) is 0 Å². The number of alkyl carbamates (subject to hydrolysis) is 1. The molecule has 1 aromatic rings.